The summed E-state index contributed by atoms with van der Waals surface area (Å²) in [5.74, 6) is 1.83. The SMILES string of the molecule is CCC(C(=O)NCc1ccccc1)N(C)Cc1ccc(C)o1. The molecule has 0 aliphatic heterocycles. The molecule has 1 N–H and O–H groups in total. The van der Waals surface area contributed by atoms with Crippen LogP contribution in [0.2, 0.25) is 0 Å². The summed E-state index contributed by atoms with van der Waals surface area (Å²) in [7, 11) is 1.95. The van der Waals surface area contributed by atoms with Crippen molar-refractivity contribution in [2.24, 2.45) is 0 Å². The normalized spacial score (nSPS) is 12.4. The molecular formula is C18H24N2O2. The molecule has 0 radical (unpaired) electrons. The third-order valence-corrected chi connectivity index (χ3v) is 3.73. The van der Waals surface area contributed by atoms with Gasteiger partial charge in [-0.1, -0.05) is 37.3 Å². The van der Waals surface area contributed by atoms with E-state index in [4.69, 9.17) is 4.42 Å². The van der Waals surface area contributed by atoms with E-state index in [0.717, 1.165) is 23.5 Å². The zero-order valence-electron chi connectivity index (χ0n) is 13.5. The lowest BCUT2D eigenvalue weighted by molar-refractivity contribution is -0.126. The summed E-state index contributed by atoms with van der Waals surface area (Å²) < 4.78 is 5.58. The van der Waals surface area contributed by atoms with Crippen molar-refractivity contribution < 1.29 is 9.21 Å². The fraction of sp³-hybridized carbons (Fsp3) is 0.389. The standard InChI is InChI=1S/C18H24N2O2/c1-4-17(20(3)13-16-11-10-14(2)22-16)18(21)19-12-15-8-6-5-7-9-15/h5-11,17H,4,12-13H2,1-3H3,(H,19,21). The van der Waals surface area contributed by atoms with Gasteiger partial charge in [-0.05, 0) is 38.1 Å². The highest BCUT2D eigenvalue weighted by Gasteiger charge is 2.21. The number of nitrogens with zero attached hydrogens (tertiary/aromatic N) is 1. The Morgan fingerprint density at radius 2 is 1.95 bits per heavy atom. The average molecular weight is 300 g/mol. The Balaban J connectivity index is 1.90. The Kier molecular flexibility index (Phi) is 5.78. The molecule has 0 saturated heterocycles. The Bertz CT molecular complexity index is 592. The van der Waals surface area contributed by atoms with E-state index in [2.05, 4.69) is 5.32 Å². The zero-order chi connectivity index (χ0) is 15.9. The van der Waals surface area contributed by atoms with Crippen molar-refractivity contribution in [3.63, 3.8) is 0 Å². The molecule has 4 nitrogen and oxygen atoms in total. The van der Waals surface area contributed by atoms with E-state index in [0.29, 0.717) is 13.1 Å². The Morgan fingerprint density at radius 3 is 2.55 bits per heavy atom. The lowest BCUT2D eigenvalue weighted by Gasteiger charge is -2.25. The average Bonchev–Trinajstić information content (AvgIpc) is 2.92. The Labute approximate surface area is 132 Å². The molecule has 0 aliphatic rings. The first-order chi connectivity index (χ1) is 10.6. The smallest absolute Gasteiger partial charge is 0.237 e. The third-order valence-electron chi connectivity index (χ3n) is 3.73. The van der Waals surface area contributed by atoms with E-state index >= 15 is 0 Å². The van der Waals surface area contributed by atoms with Gasteiger partial charge in [0.15, 0.2) is 0 Å². The summed E-state index contributed by atoms with van der Waals surface area (Å²) in [6.07, 6.45) is 0.761. The van der Waals surface area contributed by atoms with E-state index < -0.39 is 0 Å². The summed E-state index contributed by atoms with van der Waals surface area (Å²) in [6, 6.07) is 13.7. The predicted octanol–water partition coefficient (Wildman–Crippen LogP) is 3.11. The second-order valence-corrected chi connectivity index (χ2v) is 5.55. The van der Waals surface area contributed by atoms with Gasteiger partial charge in [0.05, 0.1) is 12.6 Å². The van der Waals surface area contributed by atoms with Gasteiger partial charge in [0, 0.05) is 6.54 Å². The number of carbonyl (C=O) groups excluding carboxylic acids is 1. The van der Waals surface area contributed by atoms with Crippen LogP contribution >= 0.6 is 0 Å². The van der Waals surface area contributed by atoms with E-state index in [-0.39, 0.29) is 11.9 Å². The number of nitrogens with one attached hydrogen (secondary N) is 1. The predicted molar refractivity (Wildman–Crippen MR) is 87.3 cm³/mol. The minimum Gasteiger partial charge on any atom is -0.465 e. The van der Waals surface area contributed by atoms with Crippen LogP contribution in [0.3, 0.4) is 0 Å². The van der Waals surface area contributed by atoms with Crippen LogP contribution in [-0.2, 0) is 17.9 Å². The van der Waals surface area contributed by atoms with Gasteiger partial charge in [0.2, 0.25) is 5.91 Å². The highest BCUT2D eigenvalue weighted by molar-refractivity contribution is 5.81. The Morgan fingerprint density at radius 1 is 1.23 bits per heavy atom. The number of benzene rings is 1. The van der Waals surface area contributed by atoms with Crippen molar-refractivity contribution >= 4 is 5.91 Å². The number of likely N-dealkylation sites (N-methyl/N-ethyl adjacent to an activating group) is 1. The number of hydrogen-bond donors (Lipinski definition) is 1. The summed E-state index contributed by atoms with van der Waals surface area (Å²) in [5, 5.41) is 3.01. The van der Waals surface area contributed by atoms with Crippen molar-refractivity contribution in [1.82, 2.24) is 10.2 Å². The molecule has 1 aromatic heterocycles. The second kappa shape index (κ2) is 7.80. The maximum absolute atomic E-state index is 12.4. The topological polar surface area (TPSA) is 45.5 Å². The monoisotopic (exact) mass is 300 g/mol. The molecule has 2 rings (SSSR count). The third kappa shape index (κ3) is 4.46. The molecule has 1 atom stereocenters. The number of furan rings is 1. The number of amides is 1. The van der Waals surface area contributed by atoms with Crippen LogP contribution in [0.25, 0.3) is 0 Å². The first kappa shape index (κ1) is 16.3. The van der Waals surface area contributed by atoms with Crippen LogP contribution < -0.4 is 5.32 Å². The van der Waals surface area contributed by atoms with Gasteiger partial charge in [-0.15, -0.1) is 0 Å². The van der Waals surface area contributed by atoms with E-state index in [1.165, 1.54) is 0 Å². The largest absolute Gasteiger partial charge is 0.465 e. The summed E-state index contributed by atoms with van der Waals surface area (Å²) in [4.78, 5) is 14.4. The number of carbonyl (C=O) groups is 1. The highest BCUT2D eigenvalue weighted by Crippen LogP contribution is 2.12. The maximum Gasteiger partial charge on any atom is 0.237 e. The first-order valence-electron chi connectivity index (χ1n) is 7.67. The minimum absolute atomic E-state index is 0.0529. The molecule has 1 heterocycles. The van der Waals surface area contributed by atoms with Crippen LogP contribution in [0, 0.1) is 6.92 Å². The van der Waals surface area contributed by atoms with Crippen molar-refractivity contribution in [2.75, 3.05) is 7.05 Å². The molecule has 0 saturated carbocycles. The molecule has 0 spiro atoms. The van der Waals surface area contributed by atoms with Gasteiger partial charge >= 0.3 is 0 Å². The Hall–Kier alpha value is -2.07. The van der Waals surface area contributed by atoms with Crippen LogP contribution in [-0.4, -0.2) is 23.9 Å². The van der Waals surface area contributed by atoms with Crippen molar-refractivity contribution in [3.8, 4) is 0 Å². The highest BCUT2D eigenvalue weighted by atomic mass is 16.3. The summed E-state index contributed by atoms with van der Waals surface area (Å²) in [6.45, 7) is 5.14. The van der Waals surface area contributed by atoms with Crippen molar-refractivity contribution in [1.29, 1.82) is 0 Å². The fourth-order valence-corrected chi connectivity index (χ4v) is 2.53. The van der Waals surface area contributed by atoms with E-state index in [9.17, 15) is 4.79 Å². The molecule has 0 fully saturated rings. The lowest BCUT2D eigenvalue weighted by atomic mass is 10.1. The van der Waals surface area contributed by atoms with E-state index in [1.807, 2.05) is 68.3 Å². The molecule has 1 amide bonds. The molecule has 4 heteroatoms. The van der Waals surface area contributed by atoms with Gasteiger partial charge in [-0.2, -0.15) is 0 Å². The molecule has 0 aliphatic carbocycles. The molecule has 118 valence electrons. The molecule has 22 heavy (non-hydrogen) atoms. The minimum atomic E-state index is -0.158. The lowest BCUT2D eigenvalue weighted by Crippen LogP contribution is -2.44. The van der Waals surface area contributed by atoms with Gasteiger partial charge < -0.3 is 9.73 Å². The number of rotatable bonds is 7. The van der Waals surface area contributed by atoms with Crippen LogP contribution in [0.4, 0.5) is 0 Å². The summed E-state index contributed by atoms with van der Waals surface area (Å²) >= 11 is 0. The maximum atomic E-state index is 12.4. The quantitative estimate of drug-likeness (QED) is 0.854. The molecule has 2 aromatic rings. The van der Waals surface area contributed by atoms with Crippen molar-refractivity contribution in [3.05, 3.63) is 59.5 Å². The number of hydrogen-bond acceptors (Lipinski definition) is 3. The van der Waals surface area contributed by atoms with Crippen LogP contribution in [0.15, 0.2) is 46.9 Å². The van der Waals surface area contributed by atoms with Gasteiger partial charge in [0.25, 0.3) is 0 Å². The first-order valence-corrected chi connectivity index (χ1v) is 7.67. The number of aryl methyl sites for hydroxylation is 1. The molecule has 1 aromatic carbocycles. The molecule has 1 unspecified atom stereocenters. The zero-order valence-corrected chi connectivity index (χ0v) is 13.5. The fourth-order valence-electron chi connectivity index (χ4n) is 2.53. The van der Waals surface area contributed by atoms with Gasteiger partial charge in [-0.25, -0.2) is 0 Å². The summed E-state index contributed by atoms with van der Waals surface area (Å²) in [5.41, 5.74) is 1.11. The van der Waals surface area contributed by atoms with Crippen molar-refractivity contribution in [2.45, 2.75) is 39.4 Å². The molecular weight excluding hydrogens is 276 g/mol. The van der Waals surface area contributed by atoms with Crippen LogP contribution in [0.1, 0.15) is 30.4 Å². The van der Waals surface area contributed by atoms with E-state index in [1.54, 1.807) is 0 Å². The molecule has 0 bridgehead atoms. The van der Waals surface area contributed by atoms with Gasteiger partial charge in [0.1, 0.15) is 11.5 Å². The van der Waals surface area contributed by atoms with Gasteiger partial charge in [-0.3, -0.25) is 9.69 Å². The van der Waals surface area contributed by atoms with Crippen LogP contribution in [0.5, 0.6) is 0 Å². The second-order valence-electron chi connectivity index (χ2n) is 5.55.